The summed E-state index contributed by atoms with van der Waals surface area (Å²) >= 11 is 0. The first kappa shape index (κ1) is 31.2. The Balaban J connectivity index is 3.08. The molecule has 9 heteroatoms. The van der Waals surface area contributed by atoms with E-state index in [0.717, 1.165) is 12.8 Å². The second-order valence-electron chi connectivity index (χ2n) is 7.05. The fourth-order valence-electron chi connectivity index (χ4n) is 2.50. The van der Waals surface area contributed by atoms with E-state index in [0.29, 0.717) is 98.9 Å². The molecule has 0 fully saturated rings. The highest BCUT2D eigenvalue weighted by Gasteiger charge is 2.02. The molecule has 32 heavy (non-hydrogen) atoms. The number of hydrogen-bond acceptors (Lipinski definition) is 9. The van der Waals surface area contributed by atoms with Crippen molar-refractivity contribution in [3.63, 3.8) is 0 Å². The van der Waals surface area contributed by atoms with Crippen LogP contribution in [-0.2, 0) is 42.7 Å². The average Bonchev–Trinajstić information content (AvgIpc) is 2.80. The van der Waals surface area contributed by atoms with Crippen LogP contribution in [0, 0.1) is 0 Å². The van der Waals surface area contributed by atoms with Crippen LogP contribution in [0.1, 0.15) is 45.4 Å². The highest BCUT2D eigenvalue weighted by Crippen LogP contribution is 2.05. The maximum Gasteiger partial charge on any atom is 0.305 e. The summed E-state index contributed by atoms with van der Waals surface area (Å²) in [5, 5.41) is 0. The lowest BCUT2D eigenvalue weighted by molar-refractivity contribution is -0.145. The third kappa shape index (κ3) is 27.2. The summed E-state index contributed by atoms with van der Waals surface area (Å²) < 4.78 is 42.3. The summed E-state index contributed by atoms with van der Waals surface area (Å²) in [5.74, 6) is -0.140. The van der Waals surface area contributed by atoms with Gasteiger partial charge in [-0.3, -0.25) is 4.79 Å². The van der Waals surface area contributed by atoms with Gasteiger partial charge in [0.15, 0.2) is 0 Å². The second-order valence-corrected chi connectivity index (χ2v) is 7.05. The lowest BCUT2D eigenvalue weighted by atomic mass is 10.1. The number of rotatable bonds is 27. The molecule has 0 bridgehead atoms. The van der Waals surface area contributed by atoms with Gasteiger partial charge in [-0.2, -0.15) is 0 Å². The minimum absolute atomic E-state index is 0.140. The van der Waals surface area contributed by atoms with Gasteiger partial charge >= 0.3 is 5.97 Å². The Morgan fingerprint density at radius 1 is 0.500 bits per heavy atom. The first-order chi connectivity index (χ1) is 15.8. The minimum atomic E-state index is -0.140. The summed E-state index contributed by atoms with van der Waals surface area (Å²) in [6.45, 7) is 9.22. The van der Waals surface area contributed by atoms with Crippen molar-refractivity contribution in [2.75, 3.05) is 99.6 Å². The molecule has 0 aromatic rings. The van der Waals surface area contributed by atoms with Crippen molar-refractivity contribution in [1.29, 1.82) is 0 Å². The van der Waals surface area contributed by atoms with Crippen LogP contribution in [0.2, 0.25) is 0 Å². The van der Waals surface area contributed by atoms with Gasteiger partial charge in [0.25, 0.3) is 0 Å². The van der Waals surface area contributed by atoms with E-state index in [1.165, 1.54) is 19.3 Å². The van der Waals surface area contributed by atoms with Crippen molar-refractivity contribution in [2.45, 2.75) is 45.4 Å². The zero-order valence-electron chi connectivity index (χ0n) is 20.3. The van der Waals surface area contributed by atoms with Crippen molar-refractivity contribution >= 4 is 5.97 Å². The molecule has 0 heterocycles. The first-order valence-corrected chi connectivity index (χ1v) is 11.9. The van der Waals surface area contributed by atoms with Crippen LogP contribution in [0.4, 0.5) is 0 Å². The van der Waals surface area contributed by atoms with Gasteiger partial charge in [-0.25, -0.2) is 0 Å². The molecule has 0 radical (unpaired) electrons. The number of carbonyl (C=O) groups is 1. The van der Waals surface area contributed by atoms with Crippen molar-refractivity contribution in [2.24, 2.45) is 0 Å². The predicted molar refractivity (Wildman–Crippen MR) is 121 cm³/mol. The molecule has 0 saturated heterocycles. The van der Waals surface area contributed by atoms with Gasteiger partial charge in [0.2, 0.25) is 0 Å². The van der Waals surface area contributed by atoms with E-state index >= 15 is 0 Å². The van der Waals surface area contributed by atoms with Gasteiger partial charge < -0.3 is 37.9 Å². The molecule has 0 N–H and O–H groups in total. The van der Waals surface area contributed by atoms with Crippen LogP contribution in [0.5, 0.6) is 0 Å². The van der Waals surface area contributed by atoms with E-state index in [9.17, 15) is 4.79 Å². The van der Waals surface area contributed by atoms with E-state index in [2.05, 4.69) is 6.92 Å². The Morgan fingerprint density at radius 3 is 1.28 bits per heavy atom. The van der Waals surface area contributed by atoms with Gasteiger partial charge in [0.05, 0.1) is 85.9 Å². The van der Waals surface area contributed by atoms with E-state index in [4.69, 9.17) is 37.9 Å². The molecular formula is C23H46O9. The van der Waals surface area contributed by atoms with Crippen molar-refractivity contribution in [3.8, 4) is 0 Å². The summed E-state index contributed by atoms with van der Waals surface area (Å²) in [7, 11) is 1.64. The Labute approximate surface area is 194 Å². The van der Waals surface area contributed by atoms with Gasteiger partial charge in [-0.1, -0.05) is 32.6 Å². The highest BCUT2D eigenvalue weighted by atomic mass is 16.6. The van der Waals surface area contributed by atoms with E-state index in [-0.39, 0.29) is 5.97 Å². The van der Waals surface area contributed by atoms with Crippen molar-refractivity contribution in [1.82, 2.24) is 0 Å². The van der Waals surface area contributed by atoms with Crippen LogP contribution in [-0.4, -0.2) is 106 Å². The third-order valence-electron chi connectivity index (χ3n) is 4.27. The predicted octanol–water partition coefficient (Wildman–Crippen LogP) is 2.64. The molecular weight excluding hydrogens is 420 g/mol. The van der Waals surface area contributed by atoms with Crippen molar-refractivity contribution in [3.05, 3.63) is 0 Å². The quantitative estimate of drug-likeness (QED) is 0.134. The smallest absolute Gasteiger partial charge is 0.305 e. The van der Waals surface area contributed by atoms with Gasteiger partial charge in [-0.05, 0) is 6.42 Å². The average molecular weight is 467 g/mol. The maximum absolute atomic E-state index is 11.5. The van der Waals surface area contributed by atoms with Crippen LogP contribution in [0.15, 0.2) is 0 Å². The number of hydrogen-bond donors (Lipinski definition) is 0. The number of unbranched alkanes of at least 4 members (excludes halogenated alkanes) is 4. The fraction of sp³-hybridized carbons (Fsp3) is 0.957. The molecule has 0 unspecified atom stereocenters. The Hall–Kier alpha value is -0.810. The Bertz CT molecular complexity index is 369. The fourth-order valence-corrected chi connectivity index (χ4v) is 2.50. The highest BCUT2D eigenvalue weighted by molar-refractivity contribution is 5.69. The molecule has 0 aliphatic carbocycles. The van der Waals surface area contributed by atoms with E-state index in [1.54, 1.807) is 7.11 Å². The molecule has 0 aromatic carbocycles. The normalized spacial score (nSPS) is 11.2. The Morgan fingerprint density at radius 2 is 0.875 bits per heavy atom. The monoisotopic (exact) mass is 466 g/mol. The van der Waals surface area contributed by atoms with Crippen LogP contribution >= 0.6 is 0 Å². The molecule has 0 aromatic heterocycles. The number of esters is 1. The minimum Gasteiger partial charge on any atom is -0.463 e. The summed E-state index contributed by atoms with van der Waals surface area (Å²) in [6, 6.07) is 0. The van der Waals surface area contributed by atoms with Gasteiger partial charge in [0, 0.05) is 13.5 Å². The zero-order valence-corrected chi connectivity index (χ0v) is 20.3. The van der Waals surface area contributed by atoms with E-state index < -0.39 is 0 Å². The first-order valence-electron chi connectivity index (χ1n) is 11.9. The lowest BCUT2D eigenvalue weighted by Gasteiger charge is -2.08. The summed E-state index contributed by atoms with van der Waals surface area (Å²) in [4.78, 5) is 11.5. The molecule has 0 saturated carbocycles. The number of methoxy groups -OCH3 is 1. The van der Waals surface area contributed by atoms with Crippen LogP contribution in [0.3, 0.4) is 0 Å². The molecule has 192 valence electrons. The molecule has 0 atom stereocenters. The topological polar surface area (TPSA) is 90.9 Å². The standard InChI is InChI=1S/C23H46O9/c1-3-4-5-6-7-8-23(24)32-22-21-31-20-19-30-18-17-29-16-15-28-14-13-27-12-11-26-10-9-25-2/h3-22H2,1-2H3. The second kappa shape index (κ2) is 28.2. The molecule has 9 nitrogen and oxygen atoms in total. The number of carbonyl (C=O) groups excluding carboxylic acids is 1. The molecule has 0 amide bonds. The Kier molecular flexibility index (Phi) is 27.5. The molecule has 0 aliphatic rings. The largest absolute Gasteiger partial charge is 0.463 e. The van der Waals surface area contributed by atoms with E-state index in [1.807, 2.05) is 0 Å². The lowest BCUT2D eigenvalue weighted by Crippen LogP contribution is -2.15. The van der Waals surface area contributed by atoms with Crippen LogP contribution < -0.4 is 0 Å². The zero-order chi connectivity index (χ0) is 23.4. The third-order valence-corrected chi connectivity index (χ3v) is 4.27. The van der Waals surface area contributed by atoms with Crippen LogP contribution in [0.25, 0.3) is 0 Å². The molecule has 0 spiro atoms. The number of ether oxygens (including phenoxy) is 8. The SMILES string of the molecule is CCCCCCCC(=O)OCCOCCOCCOCCOCCOCCOCCOC. The van der Waals surface area contributed by atoms with Gasteiger partial charge in [-0.15, -0.1) is 0 Å². The van der Waals surface area contributed by atoms with Gasteiger partial charge in [0.1, 0.15) is 6.61 Å². The van der Waals surface area contributed by atoms with Crippen molar-refractivity contribution < 1.29 is 42.7 Å². The summed E-state index contributed by atoms with van der Waals surface area (Å²) in [6.07, 6.45) is 6.12. The summed E-state index contributed by atoms with van der Waals surface area (Å²) in [5.41, 5.74) is 0. The maximum atomic E-state index is 11.5. The molecule has 0 aliphatic heterocycles. The molecule has 0 rings (SSSR count).